The fraction of sp³-hybridized carbons (Fsp3) is 0.833. The summed E-state index contributed by atoms with van der Waals surface area (Å²) < 4.78 is 4.78. The lowest BCUT2D eigenvalue weighted by Gasteiger charge is -2.08. The molecule has 17 heavy (non-hydrogen) atoms. The number of hydrogen-bond acceptors (Lipinski definition) is 4. The molecule has 1 amide bonds. The Balaban J connectivity index is 3.36. The molecule has 0 bridgehead atoms. The highest BCUT2D eigenvalue weighted by atomic mass is 16.5. The molecule has 2 N–H and O–H groups in total. The third-order valence-electron chi connectivity index (χ3n) is 2.09. The minimum Gasteiger partial charge on any atom is -0.466 e. The maximum absolute atomic E-state index is 11.3. The number of hydrogen-bond donors (Lipinski definition) is 2. The Hall–Kier alpha value is -1.10. The van der Waals surface area contributed by atoms with Gasteiger partial charge in [-0.15, -0.1) is 0 Å². The van der Waals surface area contributed by atoms with E-state index in [9.17, 15) is 9.59 Å². The van der Waals surface area contributed by atoms with Crippen molar-refractivity contribution in [3.05, 3.63) is 0 Å². The second kappa shape index (κ2) is 10.1. The summed E-state index contributed by atoms with van der Waals surface area (Å²) in [5, 5.41) is 5.93. The Morgan fingerprint density at radius 1 is 1.18 bits per heavy atom. The van der Waals surface area contributed by atoms with Crippen molar-refractivity contribution in [2.24, 2.45) is 0 Å². The maximum Gasteiger partial charge on any atom is 0.305 e. The lowest BCUT2D eigenvalue weighted by Crippen LogP contribution is -2.31. The molecular weight excluding hydrogens is 220 g/mol. The van der Waals surface area contributed by atoms with Crippen molar-refractivity contribution in [3.63, 3.8) is 0 Å². The van der Waals surface area contributed by atoms with Gasteiger partial charge in [0.15, 0.2) is 0 Å². The summed E-state index contributed by atoms with van der Waals surface area (Å²) in [6.07, 6.45) is 1.46. The van der Waals surface area contributed by atoms with Crippen LogP contribution in [0.5, 0.6) is 0 Å². The summed E-state index contributed by atoms with van der Waals surface area (Å²) in [5.41, 5.74) is 0. The highest BCUT2D eigenvalue weighted by Crippen LogP contribution is 1.91. The molecule has 0 radical (unpaired) electrons. The van der Waals surface area contributed by atoms with Crippen LogP contribution in [0.2, 0.25) is 0 Å². The fourth-order valence-electron chi connectivity index (χ4n) is 1.26. The Morgan fingerprint density at radius 3 is 2.47 bits per heavy atom. The summed E-state index contributed by atoms with van der Waals surface area (Å²) >= 11 is 0. The largest absolute Gasteiger partial charge is 0.466 e. The molecule has 0 aliphatic carbocycles. The van der Waals surface area contributed by atoms with E-state index in [-0.39, 0.29) is 11.9 Å². The van der Waals surface area contributed by atoms with Gasteiger partial charge in [0.05, 0.1) is 6.61 Å². The van der Waals surface area contributed by atoms with Gasteiger partial charge >= 0.3 is 5.97 Å². The third-order valence-corrected chi connectivity index (χ3v) is 2.09. The number of rotatable bonds is 9. The van der Waals surface area contributed by atoms with Crippen LogP contribution in [0.15, 0.2) is 0 Å². The summed E-state index contributed by atoms with van der Waals surface area (Å²) in [4.78, 5) is 22.3. The number of ether oxygens (including phenoxy) is 1. The van der Waals surface area contributed by atoms with Crippen molar-refractivity contribution in [2.75, 3.05) is 19.7 Å². The maximum atomic E-state index is 11.3. The molecule has 0 aromatic heterocycles. The molecule has 0 saturated carbocycles. The van der Waals surface area contributed by atoms with Gasteiger partial charge in [0.1, 0.15) is 0 Å². The minimum absolute atomic E-state index is 0.0157. The van der Waals surface area contributed by atoms with Gasteiger partial charge < -0.3 is 15.4 Å². The number of nitrogens with one attached hydrogen (secondary N) is 2. The molecule has 0 aliphatic heterocycles. The van der Waals surface area contributed by atoms with Crippen LogP contribution in [0.1, 0.15) is 40.0 Å². The van der Waals surface area contributed by atoms with E-state index in [0.29, 0.717) is 45.0 Å². The number of carbonyl (C=O) groups excluding carboxylic acids is 2. The average molecular weight is 244 g/mol. The van der Waals surface area contributed by atoms with E-state index >= 15 is 0 Å². The van der Waals surface area contributed by atoms with E-state index in [2.05, 4.69) is 10.6 Å². The summed E-state index contributed by atoms with van der Waals surface area (Å²) in [7, 11) is 0. The smallest absolute Gasteiger partial charge is 0.305 e. The van der Waals surface area contributed by atoms with E-state index in [4.69, 9.17) is 4.74 Å². The highest BCUT2D eigenvalue weighted by molar-refractivity contribution is 5.76. The van der Waals surface area contributed by atoms with Crippen LogP contribution in [0, 0.1) is 0 Å². The molecule has 0 aliphatic rings. The van der Waals surface area contributed by atoms with Crippen LogP contribution in [-0.2, 0) is 14.3 Å². The topological polar surface area (TPSA) is 67.4 Å². The van der Waals surface area contributed by atoms with Crippen molar-refractivity contribution in [1.29, 1.82) is 0 Å². The summed E-state index contributed by atoms with van der Waals surface area (Å²) in [6.45, 7) is 7.47. The first-order valence-corrected chi connectivity index (χ1v) is 6.22. The Bertz CT molecular complexity index is 230. The molecule has 0 rings (SSSR count). The first-order valence-electron chi connectivity index (χ1n) is 6.22. The van der Waals surface area contributed by atoms with Crippen molar-refractivity contribution < 1.29 is 14.3 Å². The van der Waals surface area contributed by atoms with E-state index in [1.807, 2.05) is 13.8 Å². The van der Waals surface area contributed by atoms with Crippen molar-refractivity contribution >= 4 is 11.9 Å². The van der Waals surface area contributed by atoms with Crippen molar-refractivity contribution in [2.45, 2.75) is 46.1 Å². The van der Waals surface area contributed by atoms with Crippen LogP contribution >= 0.6 is 0 Å². The van der Waals surface area contributed by atoms with E-state index in [1.165, 1.54) is 0 Å². The minimum atomic E-state index is -0.205. The fourth-order valence-corrected chi connectivity index (χ4v) is 1.26. The normalized spacial score (nSPS) is 10.4. The van der Waals surface area contributed by atoms with Gasteiger partial charge in [0, 0.05) is 32.0 Å². The molecule has 0 unspecified atom stereocenters. The first-order chi connectivity index (χ1) is 8.06. The molecule has 0 aromatic carbocycles. The van der Waals surface area contributed by atoms with Gasteiger partial charge in [-0.05, 0) is 13.3 Å². The Kier molecular flexibility index (Phi) is 9.43. The van der Waals surface area contributed by atoms with Gasteiger partial charge in [-0.3, -0.25) is 9.59 Å². The lowest BCUT2D eigenvalue weighted by molar-refractivity contribution is -0.143. The highest BCUT2D eigenvalue weighted by Gasteiger charge is 2.03. The summed E-state index contributed by atoms with van der Waals surface area (Å²) in [6, 6.07) is 0.395. The van der Waals surface area contributed by atoms with Crippen molar-refractivity contribution in [1.82, 2.24) is 10.6 Å². The second-order valence-corrected chi connectivity index (χ2v) is 4.12. The molecule has 5 heteroatoms. The zero-order valence-corrected chi connectivity index (χ0v) is 11.0. The predicted molar refractivity (Wildman–Crippen MR) is 66.6 cm³/mol. The second-order valence-electron chi connectivity index (χ2n) is 4.12. The first kappa shape index (κ1) is 15.9. The molecule has 0 atom stereocenters. The lowest BCUT2D eigenvalue weighted by atomic mass is 10.3. The van der Waals surface area contributed by atoms with Gasteiger partial charge in [-0.1, -0.05) is 13.8 Å². The van der Waals surface area contributed by atoms with Crippen LogP contribution in [0.3, 0.4) is 0 Å². The average Bonchev–Trinajstić information content (AvgIpc) is 2.24. The predicted octanol–water partition coefficient (Wildman–Crippen LogP) is 0.834. The number of amides is 1. The van der Waals surface area contributed by atoms with Crippen molar-refractivity contribution in [3.8, 4) is 0 Å². The Labute approximate surface area is 103 Å². The third kappa shape index (κ3) is 11.2. The molecule has 0 heterocycles. The number of carbonyl (C=O) groups is 2. The van der Waals surface area contributed by atoms with E-state index < -0.39 is 0 Å². The van der Waals surface area contributed by atoms with Crippen LogP contribution in [0.25, 0.3) is 0 Å². The standard InChI is InChI=1S/C12H24N2O3/c1-4-17-12(16)6-5-8-14-11(15)7-9-13-10(2)3/h10,13H,4-9H2,1-3H3,(H,14,15). The van der Waals surface area contributed by atoms with Crippen LogP contribution in [-0.4, -0.2) is 37.6 Å². The Morgan fingerprint density at radius 2 is 1.88 bits per heavy atom. The van der Waals surface area contributed by atoms with E-state index in [1.54, 1.807) is 6.92 Å². The van der Waals surface area contributed by atoms with E-state index in [0.717, 1.165) is 0 Å². The number of esters is 1. The van der Waals surface area contributed by atoms with Gasteiger partial charge in [0.25, 0.3) is 0 Å². The zero-order valence-electron chi connectivity index (χ0n) is 11.0. The zero-order chi connectivity index (χ0) is 13.1. The van der Waals surface area contributed by atoms with Gasteiger partial charge in [0.2, 0.25) is 5.91 Å². The van der Waals surface area contributed by atoms with Gasteiger partial charge in [-0.25, -0.2) is 0 Å². The molecular formula is C12H24N2O3. The molecule has 0 spiro atoms. The van der Waals surface area contributed by atoms with Crippen LogP contribution < -0.4 is 10.6 Å². The SMILES string of the molecule is CCOC(=O)CCCNC(=O)CCNC(C)C. The molecule has 0 saturated heterocycles. The monoisotopic (exact) mass is 244 g/mol. The molecule has 0 fully saturated rings. The van der Waals surface area contributed by atoms with Gasteiger partial charge in [-0.2, -0.15) is 0 Å². The van der Waals surface area contributed by atoms with Crippen LogP contribution in [0.4, 0.5) is 0 Å². The molecule has 0 aromatic rings. The molecule has 5 nitrogen and oxygen atoms in total. The summed E-state index contributed by atoms with van der Waals surface area (Å²) in [5.74, 6) is -0.190. The molecule has 100 valence electrons. The quantitative estimate of drug-likeness (QED) is 0.466.